The molecule has 0 spiro atoms. The molecule has 90 valence electrons. The van der Waals surface area contributed by atoms with Gasteiger partial charge in [-0.3, -0.25) is 14.9 Å². The Morgan fingerprint density at radius 3 is 2.62 bits per heavy atom. The van der Waals surface area contributed by atoms with Gasteiger partial charge in [0, 0.05) is 37.9 Å². The summed E-state index contributed by atoms with van der Waals surface area (Å²) in [5.41, 5.74) is 0. The zero-order valence-electron chi connectivity index (χ0n) is 10.3. The van der Waals surface area contributed by atoms with Gasteiger partial charge >= 0.3 is 0 Å². The van der Waals surface area contributed by atoms with E-state index >= 15 is 0 Å². The van der Waals surface area contributed by atoms with Crippen LogP contribution >= 0.6 is 0 Å². The second kappa shape index (κ2) is 5.43. The smallest absolute Gasteiger partial charge is 0.0853 e. The maximum atomic E-state index is 4.31. The van der Waals surface area contributed by atoms with Crippen molar-refractivity contribution in [1.29, 1.82) is 0 Å². The van der Waals surface area contributed by atoms with Gasteiger partial charge in [0.1, 0.15) is 0 Å². The Kier molecular flexibility index (Phi) is 3.93. The van der Waals surface area contributed by atoms with E-state index in [0.717, 1.165) is 26.2 Å². The number of aliphatic imine (C=N–C) groups is 2. The Balaban J connectivity index is 1.67. The molecule has 2 aliphatic heterocycles. The van der Waals surface area contributed by atoms with E-state index in [4.69, 9.17) is 0 Å². The minimum Gasteiger partial charge on any atom is -0.358 e. The van der Waals surface area contributed by atoms with Crippen molar-refractivity contribution in [2.24, 2.45) is 9.98 Å². The number of hydrogen-bond donors (Lipinski definition) is 0. The van der Waals surface area contributed by atoms with Crippen LogP contribution in [0.3, 0.4) is 0 Å². The zero-order chi connectivity index (χ0) is 11.4. The van der Waals surface area contributed by atoms with Crippen molar-refractivity contribution in [1.82, 2.24) is 9.80 Å². The highest BCUT2D eigenvalue weighted by molar-refractivity contribution is 5.60. The third-order valence-corrected chi connectivity index (χ3v) is 3.47. The van der Waals surface area contributed by atoms with E-state index in [0.29, 0.717) is 12.1 Å². The van der Waals surface area contributed by atoms with Gasteiger partial charge in [0.15, 0.2) is 0 Å². The predicted octanol–water partition coefficient (Wildman–Crippen LogP) is 0.884. The molecule has 2 rings (SSSR count). The molecule has 0 saturated heterocycles. The van der Waals surface area contributed by atoms with Gasteiger partial charge in [-0.05, 0) is 20.3 Å². The monoisotopic (exact) mass is 222 g/mol. The lowest BCUT2D eigenvalue weighted by atomic mass is 10.2. The fourth-order valence-corrected chi connectivity index (χ4v) is 2.25. The van der Waals surface area contributed by atoms with Gasteiger partial charge in [-0.2, -0.15) is 0 Å². The van der Waals surface area contributed by atoms with E-state index in [1.807, 2.05) is 12.6 Å². The summed E-state index contributed by atoms with van der Waals surface area (Å²) in [6.45, 7) is 9.74. The van der Waals surface area contributed by atoms with Gasteiger partial charge in [-0.25, -0.2) is 0 Å². The van der Waals surface area contributed by atoms with Crippen molar-refractivity contribution in [2.45, 2.75) is 32.4 Å². The van der Waals surface area contributed by atoms with Crippen LogP contribution in [0, 0.1) is 0 Å². The third-order valence-electron chi connectivity index (χ3n) is 3.47. The summed E-state index contributed by atoms with van der Waals surface area (Å²) in [6.07, 6.45) is 5.26. The first kappa shape index (κ1) is 11.6. The fraction of sp³-hybridized carbons (Fsp3) is 0.833. The molecule has 0 aromatic heterocycles. The summed E-state index contributed by atoms with van der Waals surface area (Å²) in [5, 5.41) is 0. The first-order chi connectivity index (χ1) is 7.77. The molecule has 2 atom stereocenters. The van der Waals surface area contributed by atoms with Crippen molar-refractivity contribution in [2.75, 3.05) is 32.7 Å². The van der Waals surface area contributed by atoms with Crippen LogP contribution in [-0.4, -0.2) is 67.2 Å². The molecule has 16 heavy (non-hydrogen) atoms. The molecule has 0 radical (unpaired) electrons. The molecule has 0 amide bonds. The van der Waals surface area contributed by atoms with Crippen molar-refractivity contribution in [3.8, 4) is 0 Å². The Hall–Kier alpha value is -0.900. The molecule has 2 unspecified atom stereocenters. The van der Waals surface area contributed by atoms with Crippen LogP contribution in [0.15, 0.2) is 9.98 Å². The van der Waals surface area contributed by atoms with E-state index in [2.05, 4.69) is 33.6 Å². The highest BCUT2D eigenvalue weighted by Crippen LogP contribution is 2.07. The topological polar surface area (TPSA) is 31.2 Å². The standard InChI is InChI=1S/C12H22N4/c1-11-8-13-4-7-15(11)5-3-6-16-10-14-9-12(16)2/h4,10-12H,3,5-9H2,1-2H3. The molecule has 0 saturated carbocycles. The molecule has 4 nitrogen and oxygen atoms in total. The minimum atomic E-state index is 0.598. The quantitative estimate of drug-likeness (QED) is 0.707. The van der Waals surface area contributed by atoms with E-state index in [1.165, 1.54) is 13.0 Å². The molecule has 0 aromatic rings. The Morgan fingerprint density at radius 1 is 1.12 bits per heavy atom. The van der Waals surface area contributed by atoms with Gasteiger partial charge in [0.25, 0.3) is 0 Å². The van der Waals surface area contributed by atoms with Crippen LogP contribution in [0.5, 0.6) is 0 Å². The van der Waals surface area contributed by atoms with E-state index < -0.39 is 0 Å². The maximum absolute atomic E-state index is 4.31. The zero-order valence-corrected chi connectivity index (χ0v) is 10.3. The van der Waals surface area contributed by atoms with Crippen LogP contribution in [0.25, 0.3) is 0 Å². The van der Waals surface area contributed by atoms with Crippen molar-refractivity contribution in [3.05, 3.63) is 0 Å². The van der Waals surface area contributed by atoms with Crippen molar-refractivity contribution >= 4 is 12.6 Å². The summed E-state index contributed by atoms with van der Waals surface area (Å²) >= 11 is 0. The normalized spacial score (nSPS) is 30.2. The third kappa shape index (κ3) is 2.82. The highest BCUT2D eigenvalue weighted by atomic mass is 15.2. The summed E-state index contributed by atoms with van der Waals surface area (Å²) in [7, 11) is 0. The van der Waals surface area contributed by atoms with Crippen LogP contribution in [0.2, 0.25) is 0 Å². The number of rotatable bonds is 4. The molecule has 4 heteroatoms. The summed E-state index contributed by atoms with van der Waals surface area (Å²) in [5.74, 6) is 0. The van der Waals surface area contributed by atoms with Crippen molar-refractivity contribution in [3.63, 3.8) is 0 Å². The SMILES string of the molecule is CC1CN=CN1CCCN1CC=NCC1C. The van der Waals surface area contributed by atoms with Crippen LogP contribution in [0.4, 0.5) is 0 Å². The molecule has 0 aromatic carbocycles. The van der Waals surface area contributed by atoms with Gasteiger partial charge in [0.05, 0.1) is 19.4 Å². The molecule has 0 N–H and O–H groups in total. The fourth-order valence-electron chi connectivity index (χ4n) is 2.25. The second-order valence-electron chi connectivity index (χ2n) is 4.81. The molecular formula is C12H22N4. The average molecular weight is 222 g/mol. The molecule has 2 heterocycles. The van der Waals surface area contributed by atoms with Crippen LogP contribution in [0.1, 0.15) is 20.3 Å². The molecule has 0 bridgehead atoms. The van der Waals surface area contributed by atoms with E-state index in [-0.39, 0.29) is 0 Å². The lowest BCUT2D eigenvalue weighted by Gasteiger charge is -2.30. The summed E-state index contributed by atoms with van der Waals surface area (Å²) < 4.78 is 0. The number of nitrogens with zero attached hydrogens (tertiary/aromatic N) is 4. The first-order valence-electron chi connectivity index (χ1n) is 6.25. The molecule has 0 fully saturated rings. The molecular weight excluding hydrogens is 200 g/mol. The maximum Gasteiger partial charge on any atom is 0.0853 e. The lowest BCUT2D eigenvalue weighted by Crippen LogP contribution is -2.41. The average Bonchev–Trinajstić information content (AvgIpc) is 2.67. The first-order valence-corrected chi connectivity index (χ1v) is 6.25. The summed E-state index contributed by atoms with van der Waals surface area (Å²) in [4.78, 5) is 13.5. The molecule has 0 aliphatic carbocycles. The van der Waals surface area contributed by atoms with Gasteiger partial charge in [-0.15, -0.1) is 0 Å². The van der Waals surface area contributed by atoms with Gasteiger partial charge in [0.2, 0.25) is 0 Å². The van der Waals surface area contributed by atoms with Gasteiger partial charge in [-0.1, -0.05) is 0 Å². The van der Waals surface area contributed by atoms with Gasteiger partial charge < -0.3 is 4.90 Å². The largest absolute Gasteiger partial charge is 0.358 e. The minimum absolute atomic E-state index is 0.598. The van der Waals surface area contributed by atoms with E-state index in [1.54, 1.807) is 0 Å². The number of hydrogen-bond acceptors (Lipinski definition) is 4. The molecule has 2 aliphatic rings. The Morgan fingerprint density at radius 2 is 1.94 bits per heavy atom. The summed E-state index contributed by atoms with van der Waals surface area (Å²) in [6, 6.07) is 1.20. The van der Waals surface area contributed by atoms with Crippen LogP contribution in [-0.2, 0) is 0 Å². The Labute approximate surface area is 98.1 Å². The Bertz CT molecular complexity index is 274. The van der Waals surface area contributed by atoms with Crippen LogP contribution < -0.4 is 0 Å². The lowest BCUT2D eigenvalue weighted by molar-refractivity contribution is 0.222. The van der Waals surface area contributed by atoms with Crippen molar-refractivity contribution < 1.29 is 0 Å². The predicted molar refractivity (Wildman–Crippen MR) is 68.5 cm³/mol. The second-order valence-corrected chi connectivity index (χ2v) is 4.81. The van der Waals surface area contributed by atoms with E-state index in [9.17, 15) is 0 Å². The highest BCUT2D eigenvalue weighted by Gasteiger charge is 2.17.